The summed E-state index contributed by atoms with van der Waals surface area (Å²) >= 11 is 1.73. The van der Waals surface area contributed by atoms with E-state index in [4.69, 9.17) is 0 Å². The Hall–Kier alpha value is -1.96. The number of hydrogen-bond donors (Lipinski definition) is 1. The molecule has 110 valence electrons. The highest BCUT2D eigenvalue weighted by Gasteiger charge is 2.16. The first kappa shape index (κ1) is 14.0. The maximum absolute atomic E-state index is 11.9. The van der Waals surface area contributed by atoms with Crippen LogP contribution >= 0.6 is 11.8 Å². The lowest BCUT2D eigenvalue weighted by Crippen LogP contribution is -2.17. The number of thioether (sulfide) groups is 1. The van der Waals surface area contributed by atoms with Crippen LogP contribution in [0.25, 0.3) is 5.82 Å². The summed E-state index contributed by atoms with van der Waals surface area (Å²) in [7, 11) is 0. The van der Waals surface area contributed by atoms with Crippen molar-refractivity contribution in [3.63, 3.8) is 0 Å². The lowest BCUT2D eigenvalue weighted by Gasteiger charge is -2.09. The molecule has 0 saturated heterocycles. The molecule has 1 saturated carbocycles. The van der Waals surface area contributed by atoms with E-state index in [-0.39, 0.29) is 5.91 Å². The van der Waals surface area contributed by atoms with Crippen LogP contribution in [-0.2, 0) is 4.79 Å². The monoisotopic (exact) mass is 304 g/mol. The number of carbonyl (C=O) groups is 1. The van der Waals surface area contributed by atoms with Gasteiger partial charge in [0.15, 0.2) is 5.82 Å². The van der Waals surface area contributed by atoms with E-state index in [9.17, 15) is 4.79 Å². The van der Waals surface area contributed by atoms with Gasteiger partial charge in [-0.3, -0.25) is 4.79 Å². The maximum atomic E-state index is 11.9. The van der Waals surface area contributed by atoms with Crippen molar-refractivity contribution in [2.24, 2.45) is 0 Å². The van der Waals surface area contributed by atoms with Crippen molar-refractivity contribution < 1.29 is 4.79 Å². The summed E-state index contributed by atoms with van der Waals surface area (Å²) < 4.78 is 1.52. The van der Waals surface area contributed by atoms with Crippen molar-refractivity contribution in [1.82, 2.24) is 24.7 Å². The van der Waals surface area contributed by atoms with E-state index < -0.39 is 0 Å². The third-order valence-electron chi connectivity index (χ3n) is 3.33. The average Bonchev–Trinajstić information content (AvgIpc) is 3.19. The van der Waals surface area contributed by atoms with Crippen LogP contribution < -0.4 is 5.32 Å². The van der Waals surface area contributed by atoms with E-state index in [1.165, 1.54) is 43.0 Å². The molecule has 2 aromatic heterocycles. The van der Waals surface area contributed by atoms with Crippen LogP contribution in [0.1, 0.15) is 25.7 Å². The molecule has 0 radical (unpaired) electrons. The van der Waals surface area contributed by atoms with Gasteiger partial charge in [-0.25, -0.2) is 19.6 Å². The highest BCUT2D eigenvalue weighted by atomic mass is 32.2. The van der Waals surface area contributed by atoms with E-state index in [0.717, 1.165) is 0 Å². The zero-order valence-corrected chi connectivity index (χ0v) is 12.3. The number of aromatic nitrogens is 5. The molecule has 0 aliphatic heterocycles. The predicted molar refractivity (Wildman–Crippen MR) is 80.3 cm³/mol. The highest BCUT2D eigenvalue weighted by molar-refractivity contribution is 8.00. The first-order chi connectivity index (χ1) is 10.3. The third kappa shape index (κ3) is 3.78. The molecule has 0 unspecified atom stereocenters. The number of carbonyl (C=O) groups excluding carboxylic acids is 1. The fraction of sp³-hybridized carbons (Fsp3) is 0.462. The third-order valence-corrected chi connectivity index (χ3v) is 4.70. The Morgan fingerprint density at radius 2 is 2.19 bits per heavy atom. The minimum atomic E-state index is -0.0323. The van der Waals surface area contributed by atoms with Crippen LogP contribution in [0, 0.1) is 0 Å². The Balaban J connectivity index is 1.56. The van der Waals surface area contributed by atoms with Crippen molar-refractivity contribution in [2.75, 3.05) is 11.1 Å². The summed E-state index contributed by atoms with van der Waals surface area (Å²) in [6.07, 6.45) is 9.39. The SMILES string of the molecule is O=C(CSC1CCCC1)Nc1cc(-n2cncn2)ncn1. The lowest BCUT2D eigenvalue weighted by atomic mass is 10.4. The molecule has 0 aromatic carbocycles. The zero-order valence-electron chi connectivity index (χ0n) is 11.5. The van der Waals surface area contributed by atoms with Gasteiger partial charge in [-0.05, 0) is 12.8 Å². The molecule has 0 atom stereocenters. The molecule has 2 aromatic rings. The van der Waals surface area contributed by atoms with E-state index in [1.807, 2.05) is 0 Å². The Bertz CT molecular complexity index is 596. The van der Waals surface area contributed by atoms with Crippen molar-refractivity contribution in [2.45, 2.75) is 30.9 Å². The topological polar surface area (TPSA) is 85.6 Å². The summed E-state index contributed by atoms with van der Waals surface area (Å²) in [5.41, 5.74) is 0. The molecule has 1 N–H and O–H groups in total. The van der Waals surface area contributed by atoms with Gasteiger partial charge in [0.25, 0.3) is 0 Å². The molecule has 0 bridgehead atoms. The minimum absolute atomic E-state index is 0.0323. The molecule has 1 fully saturated rings. The van der Waals surface area contributed by atoms with Gasteiger partial charge in [0, 0.05) is 11.3 Å². The Kier molecular flexibility index (Phi) is 4.44. The van der Waals surface area contributed by atoms with E-state index >= 15 is 0 Å². The Labute approximate surface area is 126 Å². The van der Waals surface area contributed by atoms with Gasteiger partial charge in [-0.15, -0.1) is 11.8 Å². The van der Waals surface area contributed by atoms with Gasteiger partial charge >= 0.3 is 0 Å². The van der Waals surface area contributed by atoms with Gasteiger partial charge < -0.3 is 5.32 Å². The summed E-state index contributed by atoms with van der Waals surface area (Å²) in [6.45, 7) is 0. The van der Waals surface area contributed by atoms with Gasteiger partial charge in [-0.1, -0.05) is 12.8 Å². The molecule has 8 heteroatoms. The lowest BCUT2D eigenvalue weighted by molar-refractivity contribution is -0.113. The molecule has 21 heavy (non-hydrogen) atoms. The van der Waals surface area contributed by atoms with Crippen LogP contribution in [0.15, 0.2) is 25.0 Å². The maximum Gasteiger partial charge on any atom is 0.235 e. The smallest absolute Gasteiger partial charge is 0.235 e. The molecule has 1 amide bonds. The fourth-order valence-corrected chi connectivity index (χ4v) is 3.42. The van der Waals surface area contributed by atoms with Crippen LogP contribution in [0.3, 0.4) is 0 Å². The molecule has 3 rings (SSSR count). The zero-order chi connectivity index (χ0) is 14.5. The predicted octanol–water partition coefficient (Wildman–Crippen LogP) is 1.67. The normalized spacial score (nSPS) is 15.2. The Morgan fingerprint density at radius 1 is 1.33 bits per heavy atom. The fourth-order valence-electron chi connectivity index (χ4n) is 2.29. The number of rotatable bonds is 5. The average molecular weight is 304 g/mol. The summed E-state index contributed by atoms with van der Waals surface area (Å²) in [6, 6.07) is 1.67. The van der Waals surface area contributed by atoms with Crippen molar-refractivity contribution >= 4 is 23.5 Å². The molecule has 1 aliphatic carbocycles. The van der Waals surface area contributed by atoms with Gasteiger partial charge in [0.2, 0.25) is 5.91 Å². The number of hydrogen-bond acceptors (Lipinski definition) is 6. The molecule has 1 aliphatic rings. The highest BCUT2D eigenvalue weighted by Crippen LogP contribution is 2.29. The number of nitrogens with zero attached hydrogens (tertiary/aromatic N) is 5. The van der Waals surface area contributed by atoms with Crippen molar-refractivity contribution in [3.05, 3.63) is 25.0 Å². The summed E-state index contributed by atoms with van der Waals surface area (Å²) in [4.78, 5) is 23.9. The van der Waals surface area contributed by atoms with Gasteiger partial charge in [0.05, 0.1) is 5.75 Å². The molecule has 7 nitrogen and oxygen atoms in total. The number of nitrogens with one attached hydrogen (secondary N) is 1. The first-order valence-electron chi connectivity index (χ1n) is 6.90. The quantitative estimate of drug-likeness (QED) is 0.904. The number of amides is 1. The molecular weight excluding hydrogens is 288 g/mol. The second kappa shape index (κ2) is 6.66. The van der Waals surface area contributed by atoms with E-state index in [0.29, 0.717) is 22.6 Å². The standard InChI is InChI=1S/C13H16N6OS/c20-13(6-21-10-3-1-2-4-10)18-11-5-12(16-8-15-11)19-9-14-7-17-19/h5,7-10H,1-4,6H2,(H,15,16,18,20). The minimum Gasteiger partial charge on any atom is -0.310 e. The first-order valence-corrected chi connectivity index (χ1v) is 7.94. The van der Waals surface area contributed by atoms with Crippen molar-refractivity contribution in [3.8, 4) is 5.82 Å². The van der Waals surface area contributed by atoms with E-state index in [1.54, 1.807) is 24.2 Å². The van der Waals surface area contributed by atoms with E-state index in [2.05, 4.69) is 25.4 Å². The van der Waals surface area contributed by atoms with Crippen LogP contribution in [0.4, 0.5) is 5.82 Å². The van der Waals surface area contributed by atoms with Gasteiger partial charge in [0.1, 0.15) is 24.8 Å². The van der Waals surface area contributed by atoms with Crippen LogP contribution in [0.5, 0.6) is 0 Å². The van der Waals surface area contributed by atoms with Gasteiger partial charge in [-0.2, -0.15) is 5.10 Å². The molecule has 2 heterocycles. The second-order valence-corrected chi connectivity index (χ2v) is 6.16. The largest absolute Gasteiger partial charge is 0.310 e. The summed E-state index contributed by atoms with van der Waals surface area (Å²) in [5.74, 6) is 1.48. The molecule has 0 spiro atoms. The Morgan fingerprint density at radius 3 is 2.95 bits per heavy atom. The second-order valence-electron chi connectivity index (χ2n) is 4.87. The van der Waals surface area contributed by atoms with Crippen molar-refractivity contribution in [1.29, 1.82) is 0 Å². The molecular formula is C13H16N6OS. The summed E-state index contributed by atoms with van der Waals surface area (Å²) in [5, 5.41) is 7.42. The van der Waals surface area contributed by atoms with Crippen LogP contribution in [0.2, 0.25) is 0 Å². The van der Waals surface area contributed by atoms with Crippen LogP contribution in [-0.4, -0.2) is 41.6 Å². The number of anilines is 1.